The van der Waals surface area contributed by atoms with Gasteiger partial charge in [0.05, 0.1) is 0 Å². The van der Waals surface area contributed by atoms with Crippen LogP contribution in [0.15, 0.2) is 0 Å². The van der Waals surface area contributed by atoms with Gasteiger partial charge in [0, 0.05) is 0 Å². The van der Waals surface area contributed by atoms with Gasteiger partial charge in [0.15, 0.2) is 0 Å². The van der Waals surface area contributed by atoms with Crippen molar-refractivity contribution in [2.45, 2.75) is 0 Å². The summed E-state index contributed by atoms with van der Waals surface area (Å²) < 4.78 is 52.4. The molecule has 20 nitrogen and oxygen atoms in total. The normalized spacial score (nSPS) is 10.1. The molecule has 0 heterocycles. The van der Waals surface area contributed by atoms with Crippen molar-refractivity contribution in [1.82, 2.24) is 0 Å². The summed E-state index contributed by atoms with van der Waals surface area (Å²) in [6.07, 6.45) is 0. The first-order valence-corrected chi connectivity index (χ1v) is 12.1. The molecule has 168 valence electrons. The Hall–Kier alpha value is 3.23. The Kier molecular flexibility index (Phi) is 55.8. The zero-order chi connectivity index (χ0) is 24.5. The van der Waals surface area contributed by atoms with Crippen LogP contribution in [0.1, 0.15) is 0 Å². The summed E-state index contributed by atoms with van der Waals surface area (Å²) in [4.78, 5) is 128. The molecule has 0 aromatic carbocycles. The minimum atomic E-state index is -5.39. The third-order valence-corrected chi connectivity index (χ3v) is 0. The van der Waals surface area contributed by atoms with Crippen LogP contribution in [0.2, 0.25) is 0 Å². The van der Waals surface area contributed by atoms with Gasteiger partial charge in [0.1, 0.15) is 0 Å². The molecule has 0 unspecified atom stereocenters. The molecule has 30 heteroatoms. The number of hydrogen-bond donors (Lipinski definition) is 0. The third kappa shape index (κ3) is 2730. The van der Waals surface area contributed by atoms with Crippen LogP contribution >= 0.6 is 39.1 Å². The molecular formula is FNaO20P5V3. The van der Waals surface area contributed by atoms with Crippen LogP contribution in [0.25, 0.3) is 0 Å². The van der Waals surface area contributed by atoms with E-state index >= 15 is 0 Å². The van der Waals surface area contributed by atoms with E-state index in [9.17, 15) is 2.27 Å². The van der Waals surface area contributed by atoms with E-state index in [2.05, 4.69) is 0 Å². The van der Waals surface area contributed by atoms with Crippen LogP contribution in [0.5, 0.6) is 0 Å². The molecule has 0 aromatic heterocycles. The van der Waals surface area contributed by atoms with Crippen LogP contribution in [0.3, 0.4) is 0 Å². The molecule has 0 aliphatic rings. The van der Waals surface area contributed by atoms with Gasteiger partial charge >= 0.3 is 86.5 Å². The molecule has 0 bridgehead atoms. The van der Waals surface area contributed by atoms with Gasteiger partial charge in [0.2, 0.25) is 0 Å². The number of rotatable bonds is 0. The van der Waals surface area contributed by atoms with Gasteiger partial charge in [-0.3, -0.25) is 0 Å². The van der Waals surface area contributed by atoms with Crippen LogP contribution in [-0.2, 0) is 78.5 Å². The summed E-state index contributed by atoms with van der Waals surface area (Å²) in [7, 11) is -26.9. The molecule has 0 spiro atoms. The Bertz CT molecular complexity index is 391. The van der Waals surface area contributed by atoms with E-state index in [1.165, 1.54) is 0 Å². The van der Waals surface area contributed by atoms with Crippen molar-refractivity contribution in [3.05, 3.63) is 0 Å². The Balaban J connectivity index is -0.0000000251. The first-order chi connectivity index (χ1) is 11.0. The molecule has 0 atom stereocenters. The van der Waals surface area contributed by atoms with Crippen molar-refractivity contribution in [1.29, 1.82) is 0 Å². The molecular weight excluding hydrogens is 670 g/mol. The van der Waals surface area contributed by atoms with Gasteiger partial charge in [-0.25, -0.2) is 0 Å². The van der Waals surface area contributed by atoms with Crippen molar-refractivity contribution in [2.75, 3.05) is 0 Å². The van der Waals surface area contributed by atoms with E-state index in [-0.39, 0.29) is 84.3 Å². The predicted octanol–water partition coefficient (Wildman–Crippen LogP) is -14.1. The molecule has 0 radical (unpaired) electrons. The first-order valence-electron chi connectivity index (χ1n) is 4.03. The Morgan fingerprint density at radius 2 is 0.333 bits per heavy atom. The molecule has 0 saturated heterocycles. The van der Waals surface area contributed by atoms with E-state index in [0.29, 0.717) is 0 Å². The largest absolute Gasteiger partial charge is 5.00 e. The fourth-order valence-corrected chi connectivity index (χ4v) is 0. The molecule has 0 fully saturated rings. The maximum atomic E-state index is 9.64. The number of phosphoric acid groups is 5. The Morgan fingerprint density at radius 3 is 0.333 bits per heavy atom. The zero-order valence-electron chi connectivity index (χ0n) is 13.1. The maximum absolute atomic E-state index is 9.64. The van der Waals surface area contributed by atoms with Crippen molar-refractivity contribution in [3.63, 3.8) is 0 Å². The Morgan fingerprint density at radius 1 is 0.333 bits per heavy atom. The molecule has 0 saturated carbocycles. The van der Waals surface area contributed by atoms with E-state index in [0.717, 1.165) is 0 Å². The minimum absolute atomic E-state index is 0. The molecule has 0 aliphatic heterocycles. The van der Waals surface area contributed by atoms with E-state index < -0.39 is 39.1 Å². The molecule has 0 aliphatic carbocycles. The third-order valence-electron chi connectivity index (χ3n) is 0. The van der Waals surface area contributed by atoms with Crippen LogP contribution in [-0.4, -0.2) is 28.6 Å². The second kappa shape index (κ2) is 28.5. The van der Waals surface area contributed by atoms with E-state index in [1.54, 1.807) is 0 Å². The summed E-state index contributed by atoms with van der Waals surface area (Å²) in [6.45, 7) is 0. The van der Waals surface area contributed by atoms with Gasteiger partial charge in [-0.2, -0.15) is 39.1 Å². The average molecular weight is 670 g/mol. The summed E-state index contributed by atoms with van der Waals surface area (Å²) in [5, 5.41) is 0. The summed E-state index contributed by atoms with van der Waals surface area (Å²) in [6, 6.07) is 0. The van der Waals surface area contributed by atoms with Crippen molar-refractivity contribution in [2.24, 2.45) is 0 Å². The monoisotopic (exact) mass is 670 g/mol. The van der Waals surface area contributed by atoms with Crippen LogP contribution < -0.4 is 73.4 Å². The quantitative estimate of drug-likeness (QED) is 0.170. The second-order valence-corrected chi connectivity index (χ2v) is 6.71. The van der Waals surface area contributed by atoms with Crippen LogP contribution in [0, 0.1) is 0 Å². The first kappa shape index (κ1) is 58.8. The SMILES string of the molecule is O=P([O-])([O-])[O-].O=P([O-])([O-])[O-].O=P([O-])([O-])[O-].O=P([O-])([O-])[O-].O=P([O-])([O-])[O-].[F][Na].[V+5].[V+5].[V+5]. The van der Waals surface area contributed by atoms with E-state index in [1.807, 2.05) is 0 Å². The summed E-state index contributed by atoms with van der Waals surface area (Å²) in [5.74, 6) is 0. The number of halogens is 1. The molecule has 0 amide bonds. The molecule has 30 heavy (non-hydrogen) atoms. The van der Waals surface area contributed by atoms with Crippen LogP contribution in [0.4, 0.5) is 2.27 Å². The smallest absolute Gasteiger partial charge is 5.00 e. The number of hydrogen-bond acceptors (Lipinski definition) is 20. The van der Waals surface area contributed by atoms with Gasteiger partial charge in [-0.05, 0) is 0 Å². The van der Waals surface area contributed by atoms with Crippen molar-refractivity contribution >= 4 is 67.7 Å². The predicted molar refractivity (Wildman–Crippen MR) is 44.9 cm³/mol. The molecule has 0 aromatic rings. The maximum Gasteiger partial charge on any atom is 5.00 e. The standard InChI is InChI=1S/FH.Na.5H3O4P.3V/c;;5*1-5(2,3)4;;;/h1H;;5*(H3,1,2,3,4);;;/q;+1;;;;;;3*+5/p-16. The summed E-state index contributed by atoms with van der Waals surface area (Å²) in [5.41, 5.74) is 0. The molecule has 0 rings (SSSR count). The van der Waals surface area contributed by atoms with Gasteiger partial charge in [0.25, 0.3) is 0 Å². The van der Waals surface area contributed by atoms with Crippen molar-refractivity contribution in [3.8, 4) is 0 Å². The van der Waals surface area contributed by atoms with Crippen molar-refractivity contribution < 1.29 is 154 Å². The Labute approximate surface area is 220 Å². The second-order valence-electron chi connectivity index (χ2n) is 2.24. The topological polar surface area (TPSA) is 431 Å². The fraction of sp³-hybridized carbons (Fsp3) is 0. The van der Waals surface area contributed by atoms with Gasteiger partial charge in [-0.1, -0.05) is 0 Å². The fourth-order valence-electron chi connectivity index (χ4n) is 0. The zero-order valence-corrected chi connectivity index (χ0v) is 23.8. The minimum Gasteiger partial charge on any atom is 5.00 e. The average Bonchev–Trinajstić information content (AvgIpc) is 2.04. The molecule has 0 N–H and O–H groups in total. The summed E-state index contributed by atoms with van der Waals surface area (Å²) >= 11 is -0.194. The van der Waals surface area contributed by atoms with Gasteiger partial charge < -0.3 is 96.2 Å². The van der Waals surface area contributed by atoms with E-state index in [4.69, 9.17) is 96.2 Å². The van der Waals surface area contributed by atoms with Gasteiger partial charge in [-0.15, -0.1) is 0 Å².